The summed E-state index contributed by atoms with van der Waals surface area (Å²) < 4.78 is 3.18. The van der Waals surface area contributed by atoms with E-state index in [2.05, 4.69) is 45.3 Å². The molecule has 1 atom stereocenters. The van der Waals surface area contributed by atoms with Crippen LogP contribution in [0.4, 0.5) is 5.82 Å². The molecular formula is C16H19N5S. The summed E-state index contributed by atoms with van der Waals surface area (Å²) in [4.78, 5) is 11.4. The van der Waals surface area contributed by atoms with E-state index in [4.69, 9.17) is 0 Å². The predicted molar refractivity (Wildman–Crippen MR) is 89.4 cm³/mol. The molecule has 5 nitrogen and oxygen atoms in total. The van der Waals surface area contributed by atoms with Crippen molar-refractivity contribution in [1.29, 1.82) is 0 Å². The first kappa shape index (κ1) is 13.7. The lowest BCUT2D eigenvalue weighted by Crippen LogP contribution is -2.24. The molecule has 0 amide bonds. The fourth-order valence-electron chi connectivity index (χ4n) is 3.57. The molecule has 0 aromatic carbocycles. The van der Waals surface area contributed by atoms with Gasteiger partial charge in [-0.15, -0.1) is 11.3 Å². The van der Waals surface area contributed by atoms with Crippen LogP contribution in [0.25, 0.3) is 10.2 Å². The van der Waals surface area contributed by atoms with Gasteiger partial charge in [-0.3, -0.25) is 4.68 Å². The molecule has 3 aromatic heterocycles. The number of aromatic nitrogens is 4. The molecule has 3 aromatic rings. The Hall–Kier alpha value is -1.95. The van der Waals surface area contributed by atoms with Crippen molar-refractivity contribution in [2.24, 2.45) is 7.05 Å². The molecule has 1 saturated heterocycles. The third-order valence-electron chi connectivity index (χ3n) is 4.65. The van der Waals surface area contributed by atoms with Crippen molar-refractivity contribution < 1.29 is 0 Å². The van der Waals surface area contributed by atoms with E-state index in [9.17, 15) is 0 Å². The zero-order chi connectivity index (χ0) is 15.3. The monoisotopic (exact) mass is 313 g/mol. The Morgan fingerprint density at radius 3 is 2.91 bits per heavy atom. The van der Waals surface area contributed by atoms with Gasteiger partial charge in [0.25, 0.3) is 0 Å². The Kier molecular flexibility index (Phi) is 3.14. The first-order valence-corrected chi connectivity index (χ1v) is 8.49. The second kappa shape index (κ2) is 5.05. The summed E-state index contributed by atoms with van der Waals surface area (Å²) in [6.45, 7) is 5.31. The van der Waals surface area contributed by atoms with Crippen LogP contribution in [0.3, 0.4) is 0 Å². The van der Waals surface area contributed by atoms with Crippen molar-refractivity contribution in [2.75, 3.05) is 11.4 Å². The molecule has 0 radical (unpaired) electrons. The Labute approximate surface area is 133 Å². The Morgan fingerprint density at radius 2 is 2.14 bits per heavy atom. The van der Waals surface area contributed by atoms with Crippen LogP contribution in [0, 0.1) is 13.8 Å². The number of aryl methyl sites for hydroxylation is 2. The van der Waals surface area contributed by atoms with Crippen LogP contribution in [0.5, 0.6) is 0 Å². The van der Waals surface area contributed by atoms with Crippen molar-refractivity contribution in [1.82, 2.24) is 19.7 Å². The van der Waals surface area contributed by atoms with Gasteiger partial charge in [-0.2, -0.15) is 5.10 Å². The fourth-order valence-corrected chi connectivity index (χ4v) is 4.42. The lowest BCUT2D eigenvalue weighted by molar-refractivity contribution is 0.695. The van der Waals surface area contributed by atoms with Gasteiger partial charge in [-0.25, -0.2) is 9.97 Å². The van der Waals surface area contributed by atoms with Crippen LogP contribution in [0.1, 0.15) is 35.8 Å². The van der Waals surface area contributed by atoms with Gasteiger partial charge < -0.3 is 4.90 Å². The second-order valence-electron chi connectivity index (χ2n) is 5.89. The fraction of sp³-hybridized carbons (Fsp3) is 0.438. The predicted octanol–water partition coefficient (Wildman–Crippen LogP) is 3.38. The van der Waals surface area contributed by atoms with E-state index < -0.39 is 0 Å². The van der Waals surface area contributed by atoms with E-state index in [-0.39, 0.29) is 0 Å². The van der Waals surface area contributed by atoms with Gasteiger partial charge >= 0.3 is 0 Å². The molecule has 114 valence electrons. The van der Waals surface area contributed by atoms with Crippen LogP contribution in [-0.4, -0.2) is 26.3 Å². The maximum Gasteiger partial charge on any atom is 0.150 e. The average molecular weight is 313 g/mol. The Morgan fingerprint density at radius 1 is 1.27 bits per heavy atom. The molecule has 22 heavy (non-hydrogen) atoms. The summed E-state index contributed by atoms with van der Waals surface area (Å²) in [6.07, 6.45) is 4.03. The van der Waals surface area contributed by atoms with Crippen molar-refractivity contribution in [3.63, 3.8) is 0 Å². The lowest BCUT2D eigenvalue weighted by atomic mass is 10.0. The maximum absolute atomic E-state index is 4.60. The highest BCUT2D eigenvalue weighted by Crippen LogP contribution is 2.40. The molecule has 4 heterocycles. The van der Waals surface area contributed by atoms with Crippen LogP contribution in [0.15, 0.2) is 17.8 Å². The van der Waals surface area contributed by atoms with Crippen molar-refractivity contribution in [3.05, 3.63) is 34.7 Å². The lowest BCUT2D eigenvalue weighted by Gasteiger charge is -2.26. The Bertz CT molecular complexity index is 834. The molecule has 0 bridgehead atoms. The van der Waals surface area contributed by atoms with Crippen LogP contribution >= 0.6 is 11.3 Å². The molecule has 6 heteroatoms. The van der Waals surface area contributed by atoms with Gasteiger partial charge in [0, 0.05) is 24.8 Å². The topological polar surface area (TPSA) is 46.8 Å². The van der Waals surface area contributed by atoms with Crippen LogP contribution in [0.2, 0.25) is 0 Å². The number of fused-ring (bicyclic) bond motifs is 1. The maximum atomic E-state index is 4.60. The number of rotatable bonds is 2. The number of hydrogen-bond donors (Lipinski definition) is 0. The van der Waals surface area contributed by atoms with Gasteiger partial charge in [-0.05, 0) is 38.1 Å². The summed E-state index contributed by atoms with van der Waals surface area (Å²) in [5.74, 6) is 1.07. The second-order valence-corrected chi connectivity index (χ2v) is 6.81. The Balaban J connectivity index is 1.83. The molecule has 1 aliphatic rings. The van der Waals surface area contributed by atoms with Crippen molar-refractivity contribution >= 4 is 27.4 Å². The number of thiophene rings is 1. The molecule has 0 N–H and O–H groups in total. The highest BCUT2D eigenvalue weighted by molar-refractivity contribution is 7.17. The largest absolute Gasteiger partial charge is 0.348 e. The smallest absolute Gasteiger partial charge is 0.150 e. The standard InChI is InChI=1S/C16H19N5S/c1-10-14(11(2)20(3)19-10)13-5-4-7-21(13)16-15-12(6-8-22-15)17-9-18-16/h6,8-9,13H,4-5,7H2,1-3H3. The van der Waals surface area contributed by atoms with Crippen molar-refractivity contribution in [3.8, 4) is 0 Å². The van der Waals surface area contributed by atoms with Gasteiger partial charge in [-0.1, -0.05) is 0 Å². The van der Waals surface area contributed by atoms with Crippen LogP contribution in [-0.2, 0) is 7.05 Å². The van der Waals surface area contributed by atoms with E-state index in [1.807, 2.05) is 11.7 Å². The summed E-state index contributed by atoms with van der Waals surface area (Å²) in [6, 6.07) is 2.44. The molecule has 1 aliphatic heterocycles. The summed E-state index contributed by atoms with van der Waals surface area (Å²) in [5, 5.41) is 6.69. The minimum Gasteiger partial charge on any atom is -0.348 e. The van der Waals surface area contributed by atoms with Gasteiger partial charge in [0.1, 0.15) is 6.33 Å². The first-order chi connectivity index (χ1) is 10.7. The van der Waals surface area contributed by atoms with E-state index >= 15 is 0 Å². The number of nitrogens with zero attached hydrogens (tertiary/aromatic N) is 5. The van der Waals surface area contributed by atoms with E-state index in [0.717, 1.165) is 30.0 Å². The van der Waals surface area contributed by atoms with Gasteiger partial charge in [0.15, 0.2) is 5.82 Å². The van der Waals surface area contributed by atoms with E-state index in [1.165, 1.54) is 22.4 Å². The SMILES string of the molecule is Cc1nn(C)c(C)c1C1CCCN1c1ncnc2ccsc12. The highest BCUT2D eigenvalue weighted by Gasteiger charge is 2.32. The summed E-state index contributed by atoms with van der Waals surface area (Å²) in [5.41, 5.74) is 4.79. The van der Waals surface area contributed by atoms with Crippen LogP contribution < -0.4 is 4.90 Å². The molecule has 0 saturated carbocycles. The molecule has 1 fully saturated rings. The third-order valence-corrected chi connectivity index (χ3v) is 5.55. The highest BCUT2D eigenvalue weighted by atomic mass is 32.1. The molecule has 1 unspecified atom stereocenters. The summed E-state index contributed by atoms with van der Waals surface area (Å²) >= 11 is 1.72. The van der Waals surface area contributed by atoms with E-state index in [0.29, 0.717) is 6.04 Å². The average Bonchev–Trinajstić information content (AvgIpc) is 3.19. The third kappa shape index (κ3) is 1.94. The number of anilines is 1. The van der Waals surface area contributed by atoms with Crippen molar-refractivity contribution in [2.45, 2.75) is 32.7 Å². The zero-order valence-electron chi connectivity index (χ0n) is 13.1. The minimum atomic E-state index is 0.369. The van der Waals surface area contributed by atoms with Gasteiger partial charge in [0.2, 0.25) is 0 Å². The molecule has 0 spiro atoms. The van der Waals surface area contributed by atoms with E-state index in [1.54, 1.807) is 17.7 Å². The quantitative estimate of drug-likeness (QED) is 0.727. The minimum absolute atomic E-state index is 0.369. The number of hydrogen-bond acceptors (Lipinski definition) is 5. The van der Waals surface area contributed by atoms with Gasteiger partial charge in [0.05, 0.1) is 22.0 Å². The normalized spacial score (nSPS) is 18.5. The molecule has 0 aliphatic carbocycles. The molecule has 4 rings (SSSR count). The summed E-state index contributed by atoms with van der Waals surface area (Å²) in [7, 11) is 2.02. The molecular weight excluding hydrogens is 294 g/mol. The zero-order valence-corrected chi connectivity index (χ0v) is 13.9. The first-order valence-electron chi connectivity index (χ1n) is 7.61.